The highest BCUT2D eigenvalue weighted by atomic mass is 16.2. The lowest BCUT2D eigenvalue weighted by Crippen LogP contribution is -2.31. The number of imide groups is 1. The van der Waals surface area contributed by atoms with Gasteiger partial charge >= 0.3 is 6.03 Å². The van der Waals surface area contributed by atoms with Crippen LogP contribution in [0, 0.1) is 0 Å². The Hall–Kier alpha value is -3.94. The van der Waals surface area contributed by atoms with E-state index >= 15 is 0 Å². The number of benzene rings is 2. The third kappa shape index (κ3) is 5.29. The molecule has 1 saturated heterocycles. The van der Waals surface area contributed by atoms with Gasteiger partial charge in [0.15, 0.2) is 0 Å². The number of nitrogens with one attached hydrogen (secondary N) is 4. The van der Waals surface area contributed by atoms with Gasteiger partial charge in [0, 0.05) is 24.2 Å². The number of hydrogen-bond acceptors (Lipinski definition) is 4. The SMILES string of the molecule is C=CC(=O)NCc1ccc(C(=O)Nc2ccc(CC3NC(=O)NC3=O)cc2)cc1. The molecule has 29 heavy (non-hydrogen) atoms. The zero-order valence-electron chi connectivity index (χ0n) is 15.5. The van der Waals surface area contributed by atoms with E-state index in [1.807, 2.05) is 0 Å². The second-order valence-corrected chi connectivity index (χ2v) is 6.49. The van der Waals surface area contributed by atoms with Crippen molar-refractivity contribution in [1.82, 2.24) is 16.0 Å². The molecule has 2 aromatic rings. The fourth-order valence-corrected chi connectivity index (χ4v) is 2.80. The number of amides is 5. The highest BCUT2D eigenvalue weighted by Crippen LogP contribution is 2.14. The van der Waals surface area contributed by atoms with Crippen molar-refractivity contribution >= 4 is 29.4 Å². The third-order valence-corrected chi connectivity index (χ3v) is 4.38. The topological polar surface area (TPSA) is 116 Å². The summed E-state index contributed by atoms with van der Waals surface area (Å²) in [6.45, 7) is 3.74. The summed E-state index contributed by atoms with van der Waals surface area (Å²) in [5.74, 6) is -0.868. The molecule has 1 fully saturated rings. The van der Waals surface area contributed by atoms with Crippen molar-refractivity contribution < 1.29 is 19.2 Å². The van der Waals surface area contributed by atoms with Crippen LogP contribution in [0.25, 0.3) is 0 Å². The van der Waals surface area contributed by atoms with E-state index in [1.165, 1.54) is 6.08 Å². The van der Waals surface area contributed by atoms with Gasteiger partial charge in [0.2, 0.25) is 5.91 Å². The van der Waals surface area contributed by atoms with Gasteiger partial charge in [-0.25, -0.2) is 4.79 Å². The fraction of sp³-hybridized carbons (Fsp3) is 0.143. The van der Waals surface area contributed by atoms with E-state index in [4.69, 9.17) is 0 Å². The van der Waals surface area contributed by atoms with E-state index in [-0.39, 0.29) is 17.7 Å². The van der Waals surface area contributed by atoms with E-state index in [0.29, 0.717) is 24.2 Å². The fourth-order valence-electron chi connectivity index (χ4n) is 2.80. The molecule has 3 rings (SSSR count). The summed E-state index contributed by atoms with van der Waals surface area (Å²) in [4.78, 5) is 46.3. The smallest absolute Gasteiger partial charge is 0.322 e. The summed E-state index contributed by atoms with van der Waals surface area (Å²) in [6.07, 6.45) is 1.57. The average molecular weight is 392 g/mol. The van der Waals surface area contributed by atoms with Gasteiger partial charge in [-0.15, -0.1) is 0 Å². The Morgan fingerprint density at radius 1 is 1.00 bits per heavy atom. The first-order valence-corrected chi connectivity index (χ1v) is 8.95. The molecule has 5 amide bonds. The van der Waals surface area contributed by atoms with Crippen molar-refractivity contribution in [3.63, 3.8) is 0 Å². The quantitative estimate of drug-likeness (QED) is 0.422. The van der Waals surface area contributed by atoms with E-state index in [9.17, 15) is 19.2 Å². The van der Waals surface area contributed by atoms with Crippen molar-refractivity contribution in [3.05, 3.63) is 77.9 Å². The Bertz CT molecular complexity index is 952. The minimum atomic E-state index is -0.585. The van der Waals surface area contributed by atoms with Crippen LogP contribution in [-0.2, 0) is 22.6 Å². The van der Waals surface area contributed by atoms with Gasteiger partial charge in [-0.3, -0.25) is 19.7 Å². The summed E-state index contributed by atoms with van der Waals surface area (Å²) in [6, 6.07) is 12.9. The van der Waals surface area contributed by atoms with Gasteiger partial charge in [-0.1, -0.05) is 30.8 Å². The number of hydrogen-bond donors (Lipinski definition) is 4. The zero-order chi connectivity index (χ0) is 20.8. The van der Waals surface area contributed by atoms with Crippen LogP contribution in [-0.4, -0.2) is 29.8 Å². The average Bonchev–Trinajstić information content (AvgIpc) is 3.04. The predicted molar refractivity (Wildman–Crippen MR) is 107 cm³/mol. The van der Waals surface area contributed by atoms with E-state index in [1.54, 1.807) is 48.5 Å². The van der Waals surface area contributed by atoms with Crippen molar-refractivity contribution in [2.24, 2.45) is 0 Å². The van der Waals surface area contributed by atoms with Crippen molar-refractivity contribution in [1.29, 1.82) is 0 Å². The minimum absolute atomic E-state index is 0.258. The minimum Gasteiger partial charge on any atom is -0.348 e. The molecule has 1 aliphatic heterocycles. The number of urea groups is 1. The Labute approximate surface area is 167 Å². The number of carbonyl (C=O) groups is 4. The van der Waals surface area contributed by atoms with Crippen LogP contribution >= 0.6 is 0 Å². The molecule has 0 saturated carbocycles. The second kappa shape index (κ2) is 8.83. The molecule has 0 radical (unpaired) electrons. The van der Waals surface area contributed by atoms with Crippen LogP contribution < -0.4 is 21.3 Å². The van der Waals surface area contributed by atoms with Crippen LogP contribution in [0.2, 0.25) is 0 Å². The first-order valence-electron chi connectivity index (χ1n) is 8.95. The van der Waals surface area contributed by atoms with E-state index < -0.39 is 12.1 Å². The Balaban J connectivity index is 1.55. The number of anilines is 1. The summed E-state index contributed by atoms with van der Waals surface area (Å²) < 4.78 is 0. The molecule has 1 aliphatic rings. The molecule has 0 spiro atoms. The maximum atomic E-state index is 12.4. The van der Waals surface area contributed by atoms with Crippen LogP contribution in [0.1, 0.15) is 21.5 Å². The van der Waals surface area contributed by atoms with Crippen LogP contribution in [0.5, 0.6) is 0 Å². The highest BCUT2D eigenvalue weighted by Gasteiger charge is 2.29. The Morgan fingerprint density at radius 3 is 2.24 bits per heavy atom. The molecule has 8 nitrogen and oxygen atoms in total. The lowest BCUT2D eigenvalue weighted by atomic mass is 10.1. The molecule has 148 valence electrons. The van der Waals surface area contributed by atoms with Crippen molar-refractivity contribution in [3.8, 4) is 0 Å². The zero-order valence-corrected chi connectivity index (χ0v) is 15.5. The number of rotatable bonds is 7. The molecule has 8 heteroatoms. The molecule has 1 atom stereocenters. The summed E-state index contributed by atoms with van der Waals surface area (Å²) in [5.41, 5.74) is 2.82. The largest absolute Gasteiger partial charge is 0.348 e. The van der Waals surface area contributed by atoms with Crippen LogP contribution in [0.4, 0.5) is 10.5 Å². The molecule has 0 aliphatic carbocycles. The number of carbonyl (C=O) groups excluding carboxylic acids is 4. The molecular formula is C21H20N4O4. The second-order valence-electron chi connectivity index (χ2n) is 6.49. The first kappa shape index (κ1) is 19.8. The monoisotopic (exact) mass is 392 g/mol. The van der Waals surface area contributed by atoms with Crippen LogP contribution in [0.15, 0.2) is 61.2 Å². The Morgan fingerprint density at radius 2 is 1.66 bits per heavy atom. The van der Waals surface area contributed by atoms with E-state index in [0.717, 1.165) is 11.1 Å². The third-order valence-electron chi connectivity index (χ3n) is 4.38. The van der Waals surface area contributed by atoms with E-state index in [2.05, 4.69) is 27.8 Å². The molecule has 1 heterocycles. The maximum absolute atomic E-state index is 12.4. The normalized spacial score (nSPS) is 15.2. The van der Waals surface area contributed by atoms with Gasteiger partial charge in [0.1, 0.15) is 6.04 Å². The Kier molecular flexibility index (Phi) is 6.03. The van der Waals surface area contributed by atoms with Gasteiger partial charge in [-0.05, 0) is 41.5 Å². The first-order chi connectivity index (χ1) is 13.9. The lowest BCUT2D eigenvalue weighted by Gasteiger charge is -2.09. The van der Waals surface area contributed by atoms with Gasteiger partial charge in [0.05, 0.1) is 0 Å². The van der Waals surface area contributed by atoms with Crippen LogP contribution in [0.3, 0.4) is 0 Å². The summed E-state index contributed by atoms with van der Waals surface area (Å²) in [7, 11) is 0. The molecular weight excluding hydrogens is 372 g/mol. The lowest BCUT2D eigenvalue weighted by molar-refractivity contribution is -0.120. The maximum Gasteiger partial charge on any atom is 0.322 e. The summed E-state index contributed by atoms with van der Waals surface area (Å²) in [5, 5.41) is 10.2. The van der Waals surface area contributed by atoms with Gasteiger partial charge in [-0.2, -0.15) is 0 Å². The van der Waals surface area contributed by atoms with Gasteiger partial charge in [0.25, 0.3) is 11.8 Å². The molecule has 0 aromatic heterocycles. The predicted octanol–water partition coefficient (Wildman–Crippen LogP) is 1.49. The highest BCUT2D eigenvalue weighted by molar-refractivity contribution is 6.05. The molecule has 2 aromatic carbocycles. The summed E-state index contributed by atoms with van der Waals surface area (Å²) >= 11 is 0. The molecule has 0 bridgehead atoms. The molecule has 1 unspecified atom stereocenters. The van der Waals surface area contributed by atoms with Gasteiger partial charge < -0.3 is 16.0 Å². The van der Waals surface area contributed by atoms with Crippen molar-refractivity contribution in [2.45, 2.75) is 19.0 Å². The molecule has 4 N–H and O–H groups in total. The standard InChI is InChI=1S/C21H20N4O4/c1-2-18(26)22-12-14-3-7-15(8-4-14)19(27)23-16-9-5-13(6-10-16)11-17-20(28)25-21(29)24-17/h2-10,17H,1,11-12H2,(H,22,26)(H,23,27)(H2,24,25,28,29). The van der Waals surface area contributed by atoms with Crippen molar-refractivity contribution in [2.75, 3.05) is 5.32 Å².